The van der Waals surface area contributed by atoms with Crippen molar-refractivity contribution < 1.29 is 4.74 Å². The van der Waals surface area contributed by atoms with Gasteiger partial charge in [-0.2, -0.15) is 0 Å². The summed E-state index contributed by atoms with van der Waals surface area (Å²) in [5.41, 5.74) is 8.62. The average molecular weight is 257 g/mol. The molecule has 0 saturated carbocycles. The summed E-state index contributed by atoms with van der Waals surface area (Å²) in [7, 11) is 0. The largest absolute Gasteiger partial charge is 0.486 e. The van der Waals surface area contributed by atoms with E-state index in [0.29, 0.717) is 6.61 Å². The number of rotatable bonds is 4. The molecule has 1 atom stereocenters. The van der Waals surface area contributed by atoms with E-state index in [-0.39, 0.29) is 6.04 Å². The van der Waals surface area contributed by atoms with Gasteiger partial charge >= 0.3 is 0 Å². The number of fused-ring (bicyclic) bond motifs is 1. The van der Waals surface area contributed by atoms with Crippen molar-refractivity contribution in [2.75, 3.05) is 0 Å². The van der Waals surface area contributed by atoms with E-state index >= 15 is 0 Å². The Kier molecular flexibility index (Phi) is 3.25. The first-order chi connectivity index (χ1) is 9.28. The van der Waals surface area contributed by atoms with Crippen LogP contribution in [0.15, 0.2) is 30.6 Å². The molecule has 1 aliphatic carbocycles. The van der Waals surface area contributed by atoms with Crippen LogP contribution >= 0.6 is 0 Å². The Labute approximate surface area is 113 Å². The fourth-order valence-corrected chi connectivity index (χ4v) is 2.63. The van der Waals surface area contributed by atoms with Crippen LogP contribution in [0.1, 0.15) is 36.3 Å². The molecule has 0 aliphatic heterocycles. The second kappa shape index (κ2) is 5.05. The molecule has 0 radical (unpaired) electrons. The van der Waals surface area contributed by atoms with Crippen LogP contribution in [0.5, 0.6) is 5.75 Å². The molecular formula is C15H19N3O. The summed E-state index contributed by atoms with van der Waals surface area (Å²) in [5, 5.41) is 0. The highest BCUT2D eigenvalue weighted by Crippen LogP contribution is 2.31. The van der Waals surface area contributed by atoms with Crippen molar-refractivity contribution in [3.63, 3.8) is 0 Å². The summed E-state index contributed by atoms with van der Waals surface area (Å²) in [4.78, 5) is 4.30. The van der Waals surface area contributed by atoms with E-state index in [9.17, 15) is 0 Å². The summed E-state index contributed by atoms with van der Waals surface area (Å²) < 4.78 is 7.92. The zero-order valence-electron chi connectivity index (χ0n) is 11.2. The maximum atomic E-state index is 6.03. The summed E-state index contributed by atoms with van der Waals surface area (Å²) in [6, 6.07) is 6.40. The lowest BCUT2D eigenvalue weighted by atomic mass is 10.1. The fourth-order valence-electron chi connectivity index (χ4n) is 2.63. The molecule has 4 heteroatoms. The topological polar surface area (TPSA) is 53.1 Å². The SMILES string of the molecule is CCn1ccnc1COc1ccc2c(c1)CCC2N. The van der Waals surface area contributed by atoms with E-state index in [1.807, 2.05) is 18.5 Å². The van der Waals surface area contributed by atoms with Gasteiger partial charge < -0.3 is 15.0 Å². The molecule has 1 aromatic heterocycles. The number of benzene rings is 1. The van der Waals surface area contributed by atoms with Crippen LogP contribution in [0.25, 0.3) is 0 Å². The number of nitrogens with two attached hydrogens (primary N) is 1. The molecule has 1 aromatic carbocycles. The van der Waals surface area contributed by atoms with E-state index < -0.39 is 0 Å². The van der Waals surface area contributed by atoms with Crippen molar-refractivity contribution in [3.05, 3.63) is 47.5 Å². The number of hydrogen-bond donors (Lipinski definition) is 1. The maximum absolute atomic E-state index is 6.03. The Hall–Kier alpha value is -1.81. The second-order valence-corrected chi connectivity index (χ2v) is 4.92. The van der Waals surface area contributed by atoms with Crippen LogP contribution in [0.3, 0.4) is 0 Å². The molecule has 100 valence electrons. The first-order valence-electron chi connectivity index (χ1n) is 6.79. The maximum Gasteiger partial charge on any atom is 0.146 e. The molecule has 1 aliphatic rings. The lowest BCUT2D eigenvalue weighted by Crippen LogP contribution is -2.06. The van der Waals surface area contributed by atoms with Crippen LogP contribution < -0.4 is 10.5 Å². The van der Waals surface area contributed by atoms with Crippen molar-refractivity contribution in [1.29, 1.82) is 0 Å². The Bertz CT molecular complexity index is 577. The number of aromatic nitrogens is 2. The second-order valence-electron chi connectivity index (χ2n) is 4.92. The van der Waals surface area contributed by atoms with E-state index in [1.165, 1.54) is 11.1 Å². The van der Waals surface area contributed by atoms with Gasteiger partial charge in [-0.25, -0.2) is 4.98 Å². The van der Waals surface area contributed by atoms with Gasteiger partial charge in [0.1, 0.15) is 18.2 Å². The van der Waals surface area contributed by atoms with Gasteiger partial charge in [-0.3, -0.25) is 0 Å². The molecule has 1 heterocycles. The normalized spacial score (nSPS) is 17.5. The Morgan fingerprint density at radius 2 is 2.37 bits per heavy atom. The highest BCUT2D eigenvalue weighted by atomic mass is 16.5. The number of hydrogen-bond acceptors (Lipinski definition) is 3. The molecule has 0 saturated heterocycles. The molecule has 0 amide bonds. The fraction of sp³-hybridized carbons (Fsp3) is 0.400. The molecule has 19 heavy (non-hydrogen) atoms. The van der Waals surface area contributed by atoms with Gasteiger partial charge in [-0.15, -0.1) is 0 Å². The molecule has 0 spiro atoms. The lowest BCUT2D eigenvalue weighted by molar-refractivity contribution is 0.289. The minimum atomic E-state index is 0.197. The van der Waals surface area contributed by atoms with Crippen molar-refractivity contribution in [1.82, 2.24) is 9.55 Å². The van der Waals surface area contributed by atoms with E-state index in [1.54, 1.807) is 0 Å². The number of aryl methyl sites for hydroxylation is 2. The predicted octanol–water partition coefficient (Wildman–Crippen LogP) is 2.43. The first-order valence-corrected chi connectivity index (χ1v) is 6.79. The van der Waals surface area contributed by atoms with E-state index in [4.69, 9.17) is 10.5 Å². The van der Waals surface area contributed by atoms with Crippen molar-refractivity contribution in [3.8, 4) is 5.75 Å². The number of imidazole rings is 1. The highest BCUT2D eigenvalue weighted by Gasteiger charge is 2.19. The quantitative estimate of drug-likeness (QED) is 0.915. The number of ether oxygens (including phenoxy) is 1. The van der Waals surface area contributed by atoms with Gasteiger partial charge in [-0.05, 0) is 43.0 Å². The summed E-state index contributed by atoms with van der Waals surface area (Å²) in [5.74, 6) is 1.86. The lowest BCUT2D eigenvalue weighted by Gasteiger charge is -2.10. The molecule has 2 aromatic rings. The third-order valence-electron chi connectivity index (χ3n) is 3.75. The molecule has 3 rings (SSSR count). The first kappa shape index (κ1) is 12.2. The van der Waals surface area contributed by atoms with Crippen LogP contribution in [-0.2, 0) is 19.6 Å². The summed E-state index contributed by atoms with van der Waals surface area (Å²) in [6.07, 6.45) is 5.88. The monoisotopic (exact) mass is 257 g/mol. The molecule has 0 bridgehead atoms. The van der Waals surface area contributed by atoms with Gasteiger partial charge in [0, 0.05) is 25.0 Å². The minimum absolute atomic E-state index is 0.197. The van der Waals surface area contributed by atoms with Crippen LogP contribution in [-0.4, -0.2) is 9.55 Å². The summed E-state index contributed by atoms with van der Waals surface area (Å²) in [6.45, 7) is 3.52. The van der Waals surface area contributed by atoms with Crippen LogP contribution in [0.2, 0.25) is 0 Å². The third kappa shape index (κ3) is 2.36. The van der Waals surface area contributed by atoms with Crippen molar-refractivity contribution in [2.45, 2.75) is 39.0 Å². The average Bonchev–Trinajstić information content (AvgIpc) is 3.03. The predicted molar refractivity (Wildman–Crippen MR) is 73.9 cm³/mol. The summed E-state index contributed by atoms with van der Waals surface area (Å²) >= 11 is 0. The standard InChI is InChI=1S/C15H19N3O/c1-2-18-8-7-17-15(18)10-19-12-4-5-13-11(9-12)3-6-14(13)16/h4-5,7-9,14H,2-3,6,10,16H2,1H3. The van der Waals surface area contributed by atoms with E-state index in [2.05, 4.69) is 28.6 Å². The van der Waals surface area contributed by atoms with Gasteiger partial charge in [0.25, 0.3) is 0 Å². The zero-order chi connectivity index (χ0) is 13.2. The molecule has 4 nitrogen and oxygen atoms in total. The third-order valence-corrected chi connectivity index (χ3v) is 3.75. The molecular weight excluding hydrogens is 238 g/mol. The van der Waals surface area contributed by atoms with Crippen molar-refractivity contribution >= 4 is 0 Å². The van der Waals surface area contributed by atoms with E-state index in [0.717, 1.165) is 31.0 Å². The van der Waals surface area contributed by atoms with Gasteiger partial charge in [-0.1, -0.05) is 6.07 Å². The minimum Gasteiger partial charge on any atom is -0.486 e. The van der Waals surface area contributed by atoms with Gasteiger partial charge in [0.2, 0.25) is 0 Å². The highest BCUT2D eigenvalue weighted by molar-refractivity contribution is 5.40. The zero-order valence-corrected chi connectivity index (χ0v) is 11.2. The number of nitrogens with zero attached hydrogens (tertiary/aromatic N) is 2. The van der Waals surface area contributed by atoms with Crippen molar-refractivity contribution in [2.24, 2.45) is 5.73 Å². The Morgan fingerprint density at radius 3 is 3.21 bits per heavy atom. The molecule has 2 N–H and O–H groups in total. The van der Waals surface area contributed by atoms with Crippen LogP contribution in [0.4, 0.5) is 0 Å². The molecule has 1 unspecified atom stereocenters. The Balaban J connectivity index is 1.71. The Morgan fingerprint density at radius 1 is 1.47 bits per heavy atom. The van der Waals surface area contributed by atoms with Gasteiger partial charge in [0.05, 0.1) is 0 Å². The molecule has 0 fully saturated rings. The van der Waals surface area contributed by atoms with Gasteiger partial charge in [0.15, 0.2) is 0 Å². The smallest absolute Gasteiger partial charge is 0.146 e. The van der Waals surface area contributed by atoms with Crippen LogP contribution in [0, 0.1) is 0 Å².